The van der Waals surface area contributed by atoms with Crippen LogP contribution in [0, 0.1) is 0 Å². The quantitative estimate of drug-likeness (QED) is 0.506. The maximum absolute atomic E-state index is 11.8. The van der Waals surface area contributed by atoms with Crippen molar-refractivity contribution in [3.05, 3.63) is 11.3 Å². The van der Waals surface area contributed by atoms with Gasteiger partial charge in [0.2, 0.25) is 0 Å². The molecule has 0 saturated heterocycles. The highest BCUT2D eigenvalue weighted by Crippen LogP contribution is 2.43. The van der Waals surface area contributed by atoms with Gasteiger partial charge in [0.1, 0.15) is 23.4 Å². The fourth-order valence-corrected chi connectivity index (χ4v) is 3.05. The molecule has 2 heterocycles. The molecule has 4 atom stereocenters. The summed E-state index contributed by atoms with van der Waals surface area (Å²) in [5.41, 5.74) is -1.78. The molecule has 2 aliphatic heterocycles. The van der Waals surface area contributed by atoms with Crippen molar-refractivity contribution in [2.45, 2.75) is 82.9 Å². The lowest BCUT2D eigenvalue weighted by atomic mass is 9.82. The van der Waals surface area contributed by atoms with E-state index in [4.69, 9.17) is 9.47 Å². The van der Waals surface area contributed by atoms with Gasteiger partial charge in [-0.25, -0.2) is 4.79 Å². The van der Waals surface area contributed by atoms with Crippen molar-refractivity contribution < 1.29 is 29.6 Å². The van der Waals surface area contributed by atoms with E-state index in [0.29, 0.717) is 6.42 Å². The lowest BCUT2D eigenvalue weighted by molar-refractivity contribution is -0.197. The number of unbranched alkanes of at least 4 members (excludes halogenated alkanes) is 4. The molecule has 0 aromatic heterocycles. The van der Waals surface area contributed by atoms with E-state index in [1.165, 1.54) is 13.8 Å². The second-order valence-electron chi connectivity index (χ2n) is 6.55. The minimum Gasteiger partial charge on any atom is -0.484 e. The minimum absolute atomic E-state index is 0.0740. The summed E-state index contributed by atoms with van der Waals surface area (Å²) in [5, 5.41) is 31.0. The summed E-state index contributed by atoms with van der Waals surface area (Å²) in [6.07, 6.45) is 3.69. The smallest absolute Gasteiger partial charge is 0.343 e. The van der Waals surface area contributed by atoms with Crippen molar-refractivity contribution in [2.75, 3.05) is 0 Å². The Balaban J connectivity index is 2.10. The van der Waals surface area contributed by atoms with Crippen LogP contribution in [0.25, 0.3) is 0 Å². The Morgan fingerprint density at radius 2 is 1.77 bits per heavy atom. The average molecular weight is 314 g/mol. The highest BCUT2D eigenvalue weighted by atomic mass is 16.7. The van der Waals surface area contributed by atoms with Crippen LogP contribution in [0.2, 0.25) is 0 Å². The van der Waals surface area contributed by atoms with Gasteiger partial charge in [0, 0.05) is 6.92 Å². The first-order valence-electron chi connectivity index (χ1n) is 7.99. The molecule has 126 valence electrons. The van der Waals surface area contributed by atoms with Gasteiger partial charge in [-0.1, -0.05) is 32.6 Å². The van der Waals surface area contributed by atoms with Crippen LogP contribution in [0.1, 0.15) is 59.3 Å². The zero-order chi connectivity index (χ0) is 16.5. The first-order chi connectivity index (χ1) is 10.2. The molecule has 0 aliphatic carbocycles. The Labute approximate surface area is 130 Å². The molecule has 0 saturated carbocycles. The number of carbonyl (C=O) groups is 1. The van der Waals surface area contributed by atoms with Crippen LogP contribution in [0.15, 0.2) is 11.3 Å². The van der Waals surface area contributed by atoms with Gasteiger partial charge in [-0.05, 0) is 19.8 Å². The standard InChI is InChI=1S/C16H26O6/c1-4-5-6-7-8-9-10-15(2,19)12(17)11-13(21-10)16(3,20)22-14(11)18/h10,12,17,19-20H,4-9H2,1-3H3. The molecular weight excluding hydrogens is 288 g/mol. The summed E-state index contributed by atoms with van der Waals surface area (Å²) in [5.74, 6) is -2.81. The monoisotopic (exact) mass is 314 g/mol. The lowest BCUT2D eigenvalue weighted by Crippen LogP contribution is -2.55. The molecule has 6 nitrogen and oxygen atoms in total. The Hall–Kier alpha value is -1.11. The summed E-state index contributed by atoms with van der Waals surface area (Å²) >= 11 is 0. The predicted molar refractivity (Wildman–Crippen MR) is 78.6 cm³/mol. The van der Waals surface area contributed by atoms with E-state index in [2.05, 4.69) is 6.92 Å². The van der Waals surface area contributed by atoms with E-state index in [1.54, 1.807) is 0 Å². The van der Waals surface area contributed by atoms with Crippen molar-refractivity contribution >= 4 is 5.97 Å². The van der Waals surface area contributed by atoms with Crippen LogP contribution in [0.3, 0.4) is 0 Å². The number of rotatable bonds is 6. The first kappa shape index (κ1) is 17.2. The average Bonchev–Trinajstić information content (AvgIpc) is 2.64. The molecule has 0 amide bonds. The molecule has 0 bridgehead atoms. The third-order valence-corrected chi connectivity index (χ3v) is 4.49. The summed E-state index contributed by atoms with van der Waals surface area (Å²) in [7, 11) is 0. The van der Waals surface area contributed by atoms with Crippen molar-refractivity contribution in [3.8, 4) is 0 Å². The minimum atomic E-state index is -1.88. The maximum atomic E-state index is 11.8. The highest BCUT2D eigenvalue weighted by Gasteiger charge is 2.58. The molecule has 2 rings (SSSR count). The summed E-state index contributed by atoms with van der Waals surface area (Å²) < 4.78 is 10.5. The number of aliphatic hydroxyl groups excluding tert-OH is 1. The molecule has 22 heavy (non-hydrogen) atoms. The number of carbonyl (C=O) groups excluding carboxylic acids is 1. The molecular formula is C16H26O6. The molecule has 0 radical (unpaired) electrons. The highest BCUT2D eigenvalue weighted by molar-refractivity contribution is 5.93. The summed E-state index contributed by atoms with van der Waals surface area (Å²) in [6, 6.07) is 0. The predicted octanol–water partition coefficient (Wildman–Crippen LogP) is 1.38. The Bertz CT molecular complexity index is 465. The molecule has 0 aromatic rings. The Kier molecular flexibility index (Phi) is 4.84. The number of hydrogen-bond donors (Lipinski definition) is 3. The normalized spacial score (nSPS) is 37.8. The van der Waals surface area contributed by atoms with Crippen LogP contribution in [0.5, 0.6) is 0 Å². The van der Waals surface area contributed by atoms with E-state index in [-0.39, 0.29) is 11.3 Å². The summed E-state index contributed by atoms with van der Waals surface area (Å²) in [4.78, 5) is 11.8. The van der Waals surface area contributed by atoms with Crippen molar-refractivity contribution in [1.82, 2.24) is 0 Å². The number of ether oxygens (including phenoxy) is 2. The van der Waals surface area contributed by atoms with Gasteiger partial charge in [0.15, 0.2) is 5.76 Å². The first-order valence-corrected chi connectivity index (χ1v) is 7.99. The van der Waals surface area contributed by atoms with Crippen LogP contribution in [-0.2, 0) is 14.3 Å². The van der Waals surface area contributed by atoms with Gasteiger partial charge >= 0.3 is 5.97 Å². The third kappa shape index (κ3) is 3.00. The zero-order valence-electron chi connectivity index (χ0n) is 13.5. The number of esters is 1. The van der Waals surface area contributed by atoms with E-state index >= 15 is 0 Å². The van der Waals surface area contributed by atoms with Crippen molar-refractivity contribution in [3.63, 3.8) is 0 Å². The second-order valence-corrected chi connectivity index (χ2v) is 6.55. The van der Waals surface area contributed by atoms with Crippen molar-refractivity contribution in [2.24, 2.45) is 0 Å². The van der Waals surface area contributed by atoms with E-state index in [1.807, 2.05) is 0 Å². The molecule has 0 aromatic carbocycles. The third-order valence-electron chi connectivity index (χ3n) is 4.49. The van der Waals surface area contributed by atoms with Gasteiger partial charge < -0.3 is 24.8 Å². The van der Waals surface area contributed by atoms with Crippen LogP contribution >= 0.6 is 0 Å². The van der Waals surface area contributed by atoms with Gasteiger partial charge in [-0.2, -0.15) is 0 Å². The number of aliphatic hydroxyl groups is 3. The topological polar surface area (TPSA) is 96.2 Å². The molecule has 2 aliphatic rings. The molecule has 0 fully saturated rings. The lowest BCUT2D eigenvalue weighted by Gasteiger charge is -2.41. The van der Waals surface area contributed by atoms with Crippen molar-refractivity contribution in [1.29, 1.82) is 0 Å². The number of cyclic esters (lactones) is 1. The fourth-order valence-electron chi connectivity index (χ4n) is 3.05. The molecule has 4 unspecified atom stereocenters. The largest absolute Gasteiger partial charge is 0.484 e. The second kappa shape index (κ2) is 6.18. The molecule has 3 N–H and O–H groups in total. The Morgan fingerprint density at radius 3 is 2.41 bits per heavy atom. The van der Waals surface area contributed by atoms with Crippen LogP contribution < -0.4 is 0 Å². The van der Waals surface area contributed by atoms with E-state index in [9.17, 15) is 20.1 Å². The van der Waals surface area contributed by atoms with Gasteiger partial charge in [0.25, 0.3) is 5.79 Å². The SMILES string of the molecule is CCCCCCCC1OC2=C(C(=O)OC2(C)O)C(O)C1(C)O. The van der Waals surface area contributed by atoms with E-state index < -0.39 is 29.6 Å². The zero-order valence-corrected chi connectivity index (χ0v) is 13.5. The number of hydrogen-bond acceptors (Lipinski definition) is 6. The van der Waals surface area contributed by atoms with Crippen LogP contribution in [0.4, 0.5) is 0 Å². The molecule has 6 heteroatoms. The van der Waals surface area contributed by atoms with Gasteiger partial charge in [-0.15, -0.1) is 0 Å². The van der Waals surface area contributed by atoms with Crippen LogP contribution in [-0.4, -0.2) is 44.9 Å². The fraction of sp³-hybridized carbons (Fsp3) is 0.812. The maximum Gasteiger partial charge on any atom is 0.343 e. The summed E-state index contributed by atoms with van der Waals surface area (Å²) in [6.45, 7) is 4.87. The molecule has 0 spiro atoms. The van der Waals surface area contributed by atoms with Gasteiger partial charge in [-0.3, -0.25) is 0 Å². The van der Waals surface area contributed by atoms with E-state index in [0.717, 1.165) is 32.1 Å². The Morgan fingerprint density at radius 1 is 1.14 bits per heavy atom. The van der Waals surface area contributed by atoms with Gasteiger partial charge in [0.05, 0.1) is 0 Å².